The molecule has 0 amide bonds. The first kappa shape index (κ1) is 14.5. The Morgan fingerprint density at radius 3 is 2.84 bits per heavy atom. The van der Waals surface area contributed by atoms with Crippen LogP contribution in [0.5, 0.6) is 0 Å². The standard InChI is InChI=1S/C14H15ClFNOS/c1-9-2-3-10(8-17)14(6-9)19(18)11-4-5-13(16)12(15)7-11/h4-5,7,9-10,14H,2-3,6H2,1H3. The maximum absolute atomic E-state index is 13.1. The number of hydrogen-bond acceptors (Lipinski definition) is 2. The third kappa shape index (κ3) is 3.16. The van der Waals surface area contributed by atoms with Gasteiger partial charge in [0, 0.05) is 4.90 Å². The molecule has 0 bridgehead atoms. The molecule has 0 radical (unpaired) electrons. The van der Waals surface area contributed by atoms with E-state index in [4.69, 9.17) is 11.6 Å². The Morgan fingerprint density at radius 2 is 2.21 bits per heavy atom. The minimum atomic E-state index is -1.31. The van der Waals surface area contributed by atoms with Gasteiger partial charge in [0.05, 0.1) is 33.1 Å². The summed E-state index contributed by atoms with van der Waals surface area (Å²) in [6.45, 7) is 2.11. The van der Waals surface area contributed by atoms with Gasteiger partial charge in [-0.15, -0.1) is 0 Å². The van der Waals surface area contributed by atoms with Crippen LogP contribution in [0.15, 0.2) is 23.1 Å². The largest absolute Gasteiger partial charge is 0.254 e. The van der Waals surface area contributed by atoms with Gasteiger partial charge in [-0.3, -0.25) is 4.21 Å². The number of halogens is 2. The van der Waals surface area contributed by atoms with Crippen LogP contribution < -0.4 is 0 Å². The molecule has 2 nitrogen and oxygen atoms in total. The van der Waals surface area contributed by atoms with Crippen molar-refractivity contribution < 1.29 is 8.60 Å². The monoisotopic (exact) mass is 299 g/mol. The van der Waals surface area contributed by atoms with Crippen LogP contribution in [-0.4, -0.2) is 9.46 Å². The summed E-state index contributed by atoms with van der Waals surface area (Å²) in [7, 11) is -1.31. The van der Waals surface area contributed by atoms with E-state index in [0.29, 0.717) is 10.8 Å². The van der Waals surface area contributed by atoms with Crippen LogP contribution in [-0.2, 0) is 10.8 Å². The number of rotatable bonds is 2. The zero-order valence-corrected chi connectivity index (χ0v) is 12.2. The third-order valence-electron chi connectivity index (χ3n) is 3.62. The van der Waals surface area contributed by atoms with E-state index in [1.807, 2.05) is 0 Å². The Hall–Kier alpha value is -0.920. The zero-order chi connectivity index (χ0) is 14.0. The number of hydrogen-bond donors (Lipinski definition) is 0. The summed E-state index contributed by atoms with van der Waals surface area (Å²) in [5.74, 6) is -0.244. The van der Waals surface area contributed by atoms with Gasteiger partial charge in [-0.2, -0.15) is 5.26 Å². The van der Waals surface area contributed by atoms with E-state index < -0.39 is 16.6 Å². The molecule has 1 aromatic rings. The summed E-state index contributed by atoms with van der Waals surface area (Å²) in [5.41, 5.74) is 0. The zero-order valence-electron chi connectivity index (χ0n) is 10.6. The maximum Gasteiger partial charge on any atom is 0.141 e. The summed E-state index contributed by atoms with van der Waals surface area (Å²) >= 11 is 5.72. The van der Waals surface area contributed by atoms with Gasteiger partial charge in [-0.25, -0.2) is 4.39 Å². The van der Waals surface area contributed by atoms with E-state index in [1.165, 1.54) is 18.2 Å². The van der Waals surface area contributed by atoms with Crippen molar-refractivity contribution in [1.82, 2.24) is 0 Å². The highest BCUT2D eigenvalue weighted by atomic mass is 35.5. The fraction of sp³-hybridized carbons (Fsp3) is 0.500. The highest BCUT2D eigenvalue weighted by Gasteiger charge is 2.33. The molecule has 4 atom stereocenters. The van der Waals surface area contributed by atoms with Gasteiger partial charge in [0.1, 0.15) is 5.82 Å². The lowest BCUT2D eigenvalue weighted by Crippen LogP contribution is -2.31. The van der Waals surface area contributed by atoms with Gasteiger partial charge in [0.2, 0.25) is 0 Å². The normalized spacial score (nSPS) is 28.6. The summed E-state index contributed by atoms with van der Waals surface area (Å²) in [6, 6.07) is 6.37. The molecule has 1 fully saturated rings. The highest BCUT2D eigenvalue weighted by Crippen LogP contribution is 2.34. The first-order chi connectivity index (χ1) is 9.02. The van der Waals surface area contributed by atoms with Crippen LogP contribution in [0, 0.1) is 29.0 Å². The Kier molecular flexibility index (Phi) is 4.59. The van der Waals surface area contributed by atoms with Crippen molar-refractivity contribution in [1.29, 1.82) is 5.26 Å². The van der Waals surface area contributed by atoms with Crippen molar-refractivity contribution in [2.24, 2.45) is 11.8 Å². The van der Waals surface area contributed by atoms with Gasteiger partial charge in [-0.1, -0.05) is 18.5 Å². The fourth-order valence-corrected chi connectivity index (χ4v) is 4.52. The van der Waals surface area contributed by atoms with Gasteiger partial charge < -0.3 is 0 Å². The molecule has 1 saturated carbocycles. The average Bonchev–Trinajstić information content (AvgIpc) is 2.41. The molecule has 4 unspecified atom stereocenters. The number of nitriles is 1. The Bertz CT molecular complexity index is 543. The quantitative estimate of drug-likeness (QED) is 0.830. The van der Waals surface area contributed by atoms with Crippen molar-refractivity contribution in [2.45, 2.75) is 36.3 Å². The first-order valence-electron chi connectivity index (χ1n) is 6.28. The Labute approximate surface area is 120 Å². The van der Waals surface area contributed by atoms with Crippen molar-refractivity contribution in [2.75, 3.05) is 0 Å². The van der Waals surface area contributed by atoms with E-state index in [1.54, 1.807) is 0 Å². The van der Waals surface area contributed by atoms with Crippen LogP contribution in [0.4, 0.5) is 4.39 Å². The smallest absolute Gasteiger partial charge is 0.141 e. The molecule has 0 spiro atoms. The second-order valence-electron chi connectivity index (χ2n) is 5.07. The molecule has 0 saturated heterocycles. The average molecular weight is 300 g/mol. The third-order valence-corrected chi connectivity index (χ3v) is 5.70. The van der Waals surface area contributed by atoms with Crippen molar-refractivity contribution in [3.8, 4) is 6.07 Å². The molecule has 5 heteroatoms. The van der Waals surface area contributed by atoms with E-state index in [2.05, 4.69) is 13.0 Å². The SMILES string of the molecule is CC1CCC(C#N)C(S(=O)c2ccc(F)c(Cl)c2)C1. The summed E-state index contributed by atoms with van der Waals surface area (Å²) in [4.78, 5) is 0.505. The lowest BCUT2D eigenvalue weighted by Gasteiger charge is -2.30. The predicted molar refractivity (Wildman–Crippen MR) is 73.7 cm³/mol. The molecule has 1 aliphatic carbocycles. The van der Waals surface area contributed by atoms with Crippen molar-refractivity contribution >= 4 is 22.4 Å². The van der Waals surface area contributed by atoms with Crippen LogP contribution in [0.3, 0.4) is 0 Å². The highest BCUT2D eigenvalue weighted by molar-refractivity contribution is 7.85. The Morgan fingerprint density at radius 1 is 1.47 bits per heavy atom. The van der Waals surface area contributed by atoms with Crippen LogP contribution in [0.2, 0.25) is 5.02 Å². The molecule has 0 N–H and O–H groups in total. The predicted octanol–water partition coefficient (Wildman–Crippen LogP) is 3.92. The molecule has 1 aliphatic rings. The Balaban J connectivity index is 2.26. The number of benzene rings is 1. The lowest BCUT2D eigenvalue weighted by molar-refractivity contribution is 0.341. The molecule has 0 aliphatic heterocycles. The molecule has 1 aromatic carbocycles. The van der Waals surface area contributed by atoms with Gasteiger partial charge in [-0.05, 0) is 43.4 Å². The second-order valence-corrected chi connectivity index (χ2v) is 7.14. The summed E-state index contributed by atoms with van der Waals surface area (Å²) in [5, 5.41) is 8.96. The molecule has 0 heterocycles. The molecular formula is C14H15ClFNOS. The molecule has 19 heavy (non-hydrogen) atoms. The van der Waals surface area contributed by atoms with E-state index in [0.717, 1.165) is 19.3 Å². The van der Waals surface area contributed by atoms with Gasteiger partial charge in [0.15, 0.2) is 0 Å². The van der Waals surface area contributed by atoms with Gasteiger partial charge in [0.25, 0.3) is 0 Å². The topological polar surface area (TPSA) is 40.9 Å². The molecular weight excluding hydrogens is 285 g/mol. The van der Waals surface area contributed by atoms with Crippen molar-refractivity contribution in [3.05, 3.63) is 29.0 Å². The van der Waals surface area contributed by atoms with Crippen LogP contribution in [0.1, 0.15) is 26.2 Å². The molecule has 0 aromatic heterocycles. The lowest BCUT2D eigenvalue weighted by atomic mass is 9.83. The van der Waals surface area contributed by atoms with Crippen molar-refractivity contribution in [3.63, 3.8) is 0 Å². The van der Waals surface area contributed by atoms with E-state index >= 15 is 0 Å². The van der Waals surface area contributed by atoms with E-state index in [-0.39, 0.29) is 16.2 Å². The van der Waals surface area contributed by atoms with E-state index in [9.17, 15) is 13.9 Å². The van der Waals surface area contributed by atoms with Crippen LogP contribution in [0.25, 0.3) is 0 Å². The summed E-state index contributed by atoms with van der Waals surface area (Å²) < 4.78 is 25.7. The fourth-order valence-electron chi connectivity index (χ4n) is 2.49. The minimum absolute atomic E-state index is 0.0248. The number of nitrogens with zero attached hydrogens (tertiary/aromatic N) is 1. The second kappa shape index (κ2) is 6.02. The van der Waals surface area contributed by atoms with Crippen LogP contribution >= 0.6 is 11.6 Å². The maximum atomic E-state index is 13.1. The molecule has 2 rings (SSSR count). The summed E-state index contributed by atoms with van der Waals surface area (Å²) in [6.07, 6.45) is 2.54. The first-order valence-corrected chi connectivity index (χ1v) is 7.87. The van der Waals surface area contributed by atoms with Gasteiger partial charge >= 0.3 is 0 Å². The molecule has 102 valence electrons. The minimum Gasteiger partial charge on any atom is -0.254 e.